The number of carbonyl (C=O) groups is 1. The van der Waals surface area contributed by atoms with Crippen molar-refractivity contribution in [3.8, 4) is 5.75 Å². The summed E-state index contributed by atoms with van der Waals surface area (Å²) < 4.78 is 11.4. The summed E-state index contributed by atoms with van der Waals surface area (Å²) in [5, 5.41) is 5.21. The number of benzene rings is 2. The Morgan fingerprint density at radius 2 is 2.00 bits per heavy atom. The number of furan rings is 1. The lowest BCUT2D eigenvalue weighted by atomic mass is 10.0. The van der Waals surface area contributed by atoms with Crippen LogP contribution in [0.4, 0.5) is 5.69 Å². The topological polar surface area (TPSA) is 51.5 Å². The number of rotatable bonds is 6. The maximum absolute atomic E-state index is 13.2. The molecule has 6 heteroatoms. The molecule has 158 valence electrons. The summed E-state index contributed by atoms with van der Waals surface area (Å²) in [6.45, 7) is 1.89. The van der Waals surface area contributed by atoms with Gasteiger partial charge in [0.2, 0.25) is 0 Å². The van der Waals surface area contributed by atoms with Crippen LogP contribution in [0.5, 0.6) is 5.75 Å². The monoisotopic (exact) mass is 443 g/mol. The van der Waals surface area contributed by atoms with Crippen LogP contribution in [0, 0.1) is 6.92 Å². The van der Waals surface area contributed by atoms with Gasteiger partial charge in [-0.2, -0.15) is 11.8 Å². The van der Waals surface area contributed by atoms with Crippen LogP contribution in [0.2, 0.25) is 5.02 Å². The Morgan fingerprint density at radius 1 is 1.23 bits per heavy atom. The number of amides is 1. The lowest BCUT2D eigenvalue weighted by molar-refractivity contribution is 0.0997. The molecule has 1 aliphatic rings. The number of anilines is 1. The largest absolute Gasteiger partial charge is 0.495 e. The Bertz CT molecular complexity index is 1060. The second kappa shape index (κ2) is 9.36. The van der Waals surface area contributed by atoms with Crippen molar-refractivity contribution in [1.29, 1.82) is 0 Å². The van der Waals surface area contributed by atoms with Crippen molar-refractivity contribution >= 4 is 45.9 Å². The van der Waals surface area contributed by atoms with Crippen LogP contribution in [-0.4, -0.2) is 18.3 Å². The number of fused-ring (bicyclic) bond motifs is 1. The Kier molecular flexibility index (Phi) is 6.59. The summed E-state index contributed by atoms with van der Waals surface area (Å²) in [7, 11) is 1.56. The molecular formula is C24H26ClNO3S. The summed E-state index contributed by atoms with van der Waals surface area (Å²) in [4.78, 5) is 13.2. The number of aryl methyl sites for hydroxylation is 1. The normalized spacial score (nSPS) is 14.8. The number of hydrogen-bond acceptors (Lipinski definition) is 4. The Morgan fingerprint density at radius 3 is 2.77 bits per heavy atom. The summed E-state index contributed by atoms with van der Waals surface area (Å²) in [5.74, 6) is 1.38. The summed E-state index contributed by atoms with van der Waals surface area (Å²) in [6.07, 6.45) is 6.44. The molecule has 0 bridgehead atoms. The van der Waals surface area contributed by atoms with Crippen molar-refractivity contribution in [1.82, 2.24) is 0 Å². The fourth-order valence-electron chi connectivity index (χ4n) is 3.97. The van der Waals surface area contributed by atoms with E-state index in [2.05, 4.69) is 5.32 Å². The van der Waals surface area contributed by atoms with Gasteiger partial charge in [-0.15, -0.1) is 0 Å². The van der Waals surface area contributed by atoms with Gasteiger partial charge in [-0.3, -0.25) is 4.79 Å². The number of carbonyl (C=O) groups excluding carboxylic acids is 1. The van der Waals surface area contributed by atoms with Gasteiger partial charge in [0.1, 0.15) is 11.3 Å². The van der Waals surface area contributed by atoms with E-state index in [4.69, 9.17) is 20.8 Å². The molecular weight excluding hydrogens is 418 g/mol. The predicted octanol–water partition coefficient (Wildman–Crippen LogP) is 7.22. The van der Waals surface area contributed by atoms with Crippen LogP contribution in [0.3, 0.4) is 0 Å². The molecule has 1 N–H and O–H groups in total. The molecule has 3 aromatic rings. The van der Waals surface area contributed by atoms with Crippen LogP contribution in [0.25, 0.3) is 11.0 Å². The average Bonchev–Trinajstić information content (AvgIpc) is 3.14. The van der Waals surface area contributed by atoms with Crippen molar-refractivity contribution in [2.45, 2.75) is 50.0 Å². The average molecular weight is 444 g/mol. The summed E-state index contributed by atoms with van der Waals surface area (Å²) >= 11 is 8.14. The maximum atomic E-state index is 13.2. The molecule has 4 rings (SSSR count). The third-order valence-electron chi connectivity index (χ3n) is 5.65. The van der Waals surface area contributed by atoms with E-state index in [1.807, 2.05) is 49.0 Å². The smallest absolute Gasteiger partial charge is 0.291 e. The number of thioether (sulfide) groups is 1. The zero-order valence-corrected chi connectivity index (χ0v) is 18.9. The van der Waals surface area contributed by atoms with Crippen LogP contribution in [-0.2, 0) is 5.75 Å². The molecule has 1 aromatic heterocycles. The molecule has 0 atom stereocenters. The van der Waals surface area contributed by atoms with Gasteiger partial charge >= 0.3 is 0 Å². The number of methoxy groups -OCH3 is 1. The number of halogens is 1. The molecule has 1 heterocycles. The van der Waals surface area contributed by atoms with Gasteiger partial charge in [-0.1, -0.05) is 49.1 Å². The van der Waals surface area contributed by atoms with Crippen molar-refractivity contribution in [3.63, 3.8) is 0 Å². The molecule has 1 amide bonds. The lowest BCUT2D eigenvalue weighted by Crippen LogP contribution is -2.14. The Hall–Kier alpha value is -2.11. The molecule has 0 spiro atoms. The molecule has 1 saturated carbocycles. The van der Waals surface area contributed by atoms with E-state index in [0.717, 1.165) is 27.8 Å². The number of ether oxygens (including phenoxy) is 1. The Balaban J connectivity index is 1.63. The SMILES string of the molecule is COc1cc(Cl)c(C)cc1NC(=O)c1oc2ccccc2c1CSC1CCCCC1. The molecule has 4 nitrogen and oxygen atoms in total. The van der Waals surface area contributed by atoms with E-state index in [-0.39, 0.29) is 5.91 Å². The summed E-state index contributed by atoms with van der Waals surface area (Å²) in [5.41, 5.74) is 3.14. The highest BCUT2D eigenvalue weighted by atomic mass is 35.5. The lowest BCUT2D eigenvalue weighted by Gasteiger charge is -2.20. The minimum absolute atomic E-state index is 0.273. The molecule has 0 radical (unpaired) electrons. The van der Waals surface area contributed by atoms with Gasteiger partial charge in [0, 0.05) is 33.0 Å². The van der Waals surface area contributed by atoms with E-state index in [9.17, 15) is 4.79 Å². The van der Waals surface area contributed by atoms with Crippen LogP contribution >= 0.6 is 23.4 Å². The molecule has 1 fully saturated rings. The van der Waals surface area contributed by atoms with Gasteiger partial charge in [0.15, 0.2) is 5.76 Å². The van der Waals surface area contributed by atoms with Gasteiger partial charge in [-0.05, 0) is 37.5 Å². The number of para-hydroxylation sites is 1. The first-order valence-corrected chi connectivity index (χ1v) is 11.8. The first-order valence-electron chi connectivity index (χ1n) is 10.3. The highest BCUT2D eigenvalue weighted by Gasteiger charge is 2.23. The molecule has 1 aliphatic carbocycles. The van der Waals surface area contributed by atoms with E-state index in [0.29, 0.717) is 27.5 Å². The van der Waals surface area contributed by atoms with Crippen LogP contribution < -0.4 is 10.1 Å². The molecule has 0 unspecified atom stereocenters. The zero-order valence-electron chi connectivity index (χ0n) is 17.3. The fourth-order valence-corrected chi connectivity index (χ4v) is 5.48. The highest BCUT2D eigenvalue weighted by molar-refractivity contribution is 7.99. The standard InChI is InChI=1S/C24H26ClNO3S/c1-15-12-20(22(28-2)13-19(15)25)26-24(27)23-18(14-30-16-8-4-3-5-9-16)17-10-6-7-11-21(17)29-23/h6-7,10-13,16H,3-5,8-9,14H2,1-2H3,(H,26,27). The first-order chi connectivity index (χ1) is 14.6. The van der Waals surface area contributed by atoms with Crippen molar-refractivity contribution in [2.75, 3.05) is 12.4 Å². The zero-order chi connectivity index (χ0) is 21.1. The van der Waals surface area contributed by atoms with E-state index < -0.39 is 0 Å². The predicted molar refractivity (Wildman–Crippen MR) is 125 cm³/mol. The maximum Gasteiger partial charge on any atom is 0.291 e. The van der Waals surface area contributed by atoms with Gasteiger partial charge in [0.25, 0.3) is 5.91 Å². The summed E-state index contributed by atoms with van der Waals surface area (Å²) in [6, 6.07) is 11.4. The number of nitrogens with one attached hydrogen (secondary N) is 1. The van der Waals surface area contributed by atoms with E-state index >= 15 is 0 Å². The van der Waals surface area contributed by atoms with Crippen molar-refractivity contribution < 1.29 is 13.9 Å². The molecule has 0 saturated heterocycles. The van der Waals surface area contributed by atoms with Gasteiger partial charge < -0.3 is 14.5 Å². The Labute approximate surface area is 186 Å². The van der Waals surface area contributed by atoms with Gasteiger partial charge in [-0.25, -0.2) is 0 Å². The number of hydrogen-bond donors (Lipinski definition) is 1. The molecule has 2 aromatic carbocycles. The third kappa shape index (κ3) is 4.47. The minimum Gasteiger partial charge on any atom is -0.495 e. The minimum atomic E-state index is -0.273. The van der Waals surface area contributed by atoms with Crippen LogP contribution in [0.1, 0.15) is 53.8 Å². The second-order valence-corrected chi connectivity index (χ2v) is 9.43. The third-order valence-corrected chi connectivity index (χ3v) is 7.45. The second-order valence-electron chi connectivity index (χ2n) is 7.73. The molecule has 0 aliphatic heterocycles. The molecule has 30 heavy (non-hydrogen) atoms. The van der Waals surface area contributed by atoms with E-state index in [1.54, 1.807) is 13.2 Å². The van der Waals surface area contributed by atoms with Crippen LogP contribution in [0.15, 0.2) is 40.8 Å². The fraction of sp³-hybridized carbons (Fsp3) is 0.375. The van der Waals surface area contributed by atoms with Crippen molar-refractivity contribution in [3.05, 3.63) is 58.3 Å². The first kappa shape index (κ1) is 21.1. The van der Waals surface area contributed by atoms with Crippen molar-refractivity contribution in [2.24, 2.45) is 0 Å². The van der Waals surface area contributed by atoms with Gasteiger partial charge in [0.05, 0.1) is 12.8 Å². The highest BCUT2D eigenvalue weighted by Crippen LogP contribution is 2.36. The van der Waals surface area contributed by atoms with E-state index in [1.165, 1.54) is 32.1 Å². The quantitative estimate of drug-likeness (QED) is 0.436.